The van der Waals surface area contributed by atoms with Gasteiger partial charge in [-0.3, -0.25) is 4.79 Å². The number of amides is 1. The van der Waals surface area contributed by atoms with Crippen molar-refractivity contribution in [3.63, 3.8) is 0 Å². The second-order valence-electron chi connectivity index (χ2n) is 8.10. The Morgan fingerprint density at radius 2 is 1.83 bits per heavy atom. The molecule has 0 unspecified atom stereocenters. The number of fused-ring (bicyclic) bond motifs is 1. The van der Waals surface area contributed by atoms with Crippen LogP contribution in [0.15, 0.2) is 24.3 Å². The molecular weight excluding hydrogens is 406 g/mol. The SMILES string of the molecule is CNC(=O)c1sc2ccccc2c1C1CCC(CNS(=O)(=O)N2CCCC2)CC1. The van der Waals surface area contributed by atoms with Crippen LogP contribution in [-0.4, -0.2) is 45.3 Å². The van der Waals surface area contributed by atoms with E-state index in [2.05, 4.69) is 22.2 Å². The van der Waals surface area contributed by atoms with Crippen LogP contribution in [0.1, 0.15) is 59.7 Å². The summed E-state index contributed by atoms with van der Waals surface area (Å²) in [4.78, 5) is 13.3. The van der Waals surface area contributed by atoms with E-state index in [-0.39, 0.29) is 5.91 Å². The summed E-state index contributed by atoms with van der Waals surface area (Å²) in [5.41, 5.74) is 1.18. The lowest BCUT2D eigenvalue weighted by Crippen LogP contribution is -2.41. The number of hydrogen-bond donors (Lipinski definition) is 2. The number of nitrogens with one attached hydrogen (secondary N) is 2. The molecule has 6 nitrogen and oxygen atoms in total. The maximum Gasteiger partial charge on any atom is 0.279 e. The molecular formula is C21H29N3O3S2. The molecule has 1 aromatic heterocycles. The van der Waals surface area contributed by atoms with Crippen LogP contribution in [-0.2, 0) is 10.2 Å². The van der Waals surface area contributed by atoms with Gasteiger partial charge in [0.15, 0.2) is 0 Å². The molecule has 1 aliphatic carbocycles. The quantitative estimate of drug-likeness (QED) is 0.729. The van der Waals surface area contributed by atoms with Crippen LogP contribution in [0.2, 0.25) is 0 Å². The second kappa shape index (κ2) is 8.71. The third kappa shape index (κ3) is 4.35. The Labute approximate surface area is 176 Å². The maximum atomic E-state index is 12.5. The van der Waals surface area contributed by atoms with Crippen LogP contribution in [0, 0.1) is 5.92 Å². The van der Waals surface area contributed by atoms with Crippen molar-refractivity contribution in [1.82, 2.24) is 14.3 Å². The number of nitrogens with zero attached hydrogens (tertiary/aromatic N) is 1. The summed E-state index contributed by atoms with van der Waals surface area (Å²) in [5.74, 6) is 0.698. The lowest BCUT2D eigenvalue weighted by molar-refractivity contribution is 0.0965. The molecule has 0 spiro atoms. The van der Waals surface area contributed by atoms with Crippen molar-refractivity contribution in [2.24, 2.45) is 5.92 Å². The Morgan fingerprint density at radius 3 is 2.52 bits per heavy atom. The van der Waals surface area contributed by atoms with Gasteiger partial charge in [0.05, 0.1) is 4.88 Å². The highest BCUT2D eigenvalue weighted by molar-refractivity contribution is 7.87. The third-order valence-electron chi connectivity index (χ3n) is 6.28. The molecule has 0 atom stereocenters. The highest BCUT2D eigenvalue weighted by Gasteiger charge is 2.30. The lowest BCUT2D eigenvalue weighted by Gasteiger charge is -2.29. The van der Waals surface area contributed by atoms with Crippen molar-refractivity contribution < 1.29 is 13.2 Å². The van der Waals surface area contributed by atoms with Crippen molar-refractivity contribution >= 4 is 37.5 Å². The molecule has 4 rings (SSSR count). The van der Waals surface area contributed by atoms with Crippen molar-refractivity contribution in [2.45, 2.75) is 44.4 Å². The third-order valence-corrected chi connectivity index (χ3v) is 9.04. The highest BCUT2D eigenvalue weighted by atomic mass is 32.2. The van der Waals surface area contributed by atoms with E-state index < -0.39 is 10.2 Å². The van der Waals surface area contributed by atoms with Gasteiger partial charge in [0.1, 0.15) is 0 Å². The molecule has 158 valence electrons. The van der Waals surface area contributed by atoms with Crippen LogP contribution in [0.5, 0.6) is 0 Å². The zero-order valence-corrected chi connectivity index (χ0v) is 18.4. The van der Waals surface area contributed by atoms with E-state index in [1.54, 1.807) is 22.7 Å². The van der Waals surface area contributed by atoms with E-state index in [9.17, 15) is 13.2 Å². The summed E-state index contributed by atoms with van der Waals surface area (Å²) >= 11 is 1.57. The van der Waals surface area contributed by atoms with Crippen molar-refractivity contribution in [1.29, 1.82) is 0 Å². The first-order valence-electron chi connectivity index (χ1n) is 10.5. The number of rotatable bonds is 6. The summed E-state index contributed by atoms with van der Waals surface area (Å²) in [6.07, 6.45) is 5.83. The molecule has 0 radical (unpaired) electrons. The molecule has 1 saturated carbocycles. The van der Waals surface area contributed by atoms with Gasteiger partial charge in [-0.25, -0.2) is 4.72 Å². The minimum absolute atomic E-state index is 0.0123. The number of hydrogen-bond acceptors (Lipinski definition) is 4. The first kappa shape index (κ1) is 20.8. The van der Waals surface area contributed by atoms with E-state index in [0.717, 1.165) is 48.1 Å². The summed E-state index contributed by atoms with van der Waals surface area (Å²) in [6, 6.07) is 8.24. The van der Waals surface area contributed by atoms with Gasteiger partial charge in [-0.1, -0.05) is 18.2 Å². The van der Waals surface area contributed by atoms with Crippen LogP contribution in [0.25, 0.3) is 10.1 Å². The van der Waals surface area contributed by atoms with Gasteiger partial charge < -0.3 is 5.32 Å². The molecule has 1 amide bonds. The number of carbonyl (C=O) groups excluding carboxylic acids is 1. The number of benzene rings is 1. The first-order valence-corrected chi connectivity index (χ1v) is 12.7. The van der Waals surface area contributed by atoms with Gasteiger partial charge in [-0.15, -0.1) is 11.3 Å². The molecule has 0 bridgehead atoms. The molecule has 2 aliphatic rings. The summed E-state index contributed by atoms with van der Waals surface area (Å²) in [7, 11) is -1.65. The van der Waals surface area contributed by atoms with Gasteiger partial charge >= 0.3 is 0 Å². The normalized spacial score (nSPS) is 23.5. The van der Waals surface area contributed by atoms with E-state index in [0.29, 0.717) is 31.5 Å². The molecule has 8 heteroatoms. The molecule has 2 heterocycles. The van der Waals surface area contributed by atoms with Crippen LogP contribution < -0.4 is 10.0 Å². The fourth-order valence-corrected chi connectivity index (χ4v) is 7.25. The highest BCUT2D eigenvalue weighted by Crippen LogP contribution is 2.43. The average Bonchev–Trinajstić information content (AvgIpc) is 3.41. The fourth-order valence-electron chi connectivity index (χ4n) is 4.65. The maximum absolute atomic E-state index is 12.5. The Morgan fingerprint density at radius 1 is 1.14 bits per heavy atom. The van der Waals surface area contributed by atoms with Gasteiger partial charge in [0.25, 0.3) is 16.1 Å². The smallest absolute Gasteiger partial charge is 0.279 e. The predicted octanol–water partition coefficient (Wildman–Crippen LogP) is 3.46. The Balaban J connectivity index is 1.43. The van der Waals surface area contributed by atoms with Gasteiger partial charge in [-0.05, 0) is 67.4 Å². The molecule has 2 N–H and O–H groups in total. The monoisotopic (exact) mass is 435 g/mol. The lowest BCUT2D eigenvalue weighted by atomic mass is 9.78. The topological polar surface area (TPSA) is 78.5 Å². The Hall–Kier alpha value is -1.48. The minimum atomic E-state index is -3.33. The van der Waals surface area contributed by atoms with Crippen LogP contribution >= 0.6 is 11.3 Å². The number of thiophene rings is 1. The zero-order valence-electron chi connectivity index (χ0n) is 16.8. The van der Waals surface area contributed by atoms with Crippen molar-refractivity contribution in [3.8, 4) is 0 Å². The van der Waals surface area contributed by atoms with E-state index in [1.807, 2.05) is 12.1 Å². The molecule has 1 aliphatic heterocycles. The van der Waals surface area contributed by atoms with Gasteiger partial charge in [0, 0.05) is 31.4 Å². The van der Waals surface area contributed by atoms with Crippen molar-refractivity contribution in [2.75, 3.05) is 26.7 Å². The van der Waals surface area contributed by atoms with E-state index >= 15 is 0 Å². The summed E-state index contributed by atoms with van der Waals surface area (Å²) in [5, 5.41) is 3.97. The first-order chi connectivity index (χ1) is 14.0. The molecule has 1 saturated heterocycles. The Kier molecular flexibility index (Phi) is 6.24. The molecule has 2 aromatic rings. The molecule has 29 heavy (non-hydrogen) atoms. The van der Waals surface area contributed by atoms with Crippen LogP contribution in [0.4, 0.5) is 0 Å². The minimum Gasteiger partial charge on any atom is -0.354 e. The van der Waals surface area contributed by atoms with E-state index in [1.165, 1.54) is 10.9 Å². The van der Waals surface area contributed by atoms with Gasteiger partial charge in [-0.2, -0.15) is 12.7 Å². The molecule has 2 fully saturated rings. The predicted molar refractivity (Wildman–Crippen MR) is 118 cm³/mol. The van der Waals surface area contributed by atoms with Gasteiger partial charge in [0.2, 0.25) is 0 Å². The largest absolute Gasteiger partial charge is 0.354 e. The second-order valence-corrected chi connectivity index (χ2v) is 10.9. The fraction of sp³-hybridized carbons (Fsp3) is 0.571. The Bertz CT molecular complexity index is 972. The zero-order chi connectivity index (χ0) is 20.4. The van der Waals surface area contributed by atoms with E-state index in [4.69, 9.17) is 0 Å². The molecule has 1 aromatic carbocycles. The van der Waals surface area contributed by atoms with Crippen LogP contribution in [0.3, 0.4) is 0 Å². The summed E-state index contributed by atoms with van der Waals surface area (Å²) < 4.78 is 30.3. The number of carbonyl (C=O) groups is 1. The van der Waals surface area contributed by atoms with Crippen molar-refractivity contribution in [3.05, 3.63) is 34.7 Å². The average molecular weight is 436 g/mol. The standard InChI is InChI=1S/C21H29N3O3S2/c1-22-21(25)20-19(17-6-2-3-7-18(17)28-20)16-10-8-15(9-11-16)14-23-29(26,27)24-12-4-5-13-24/h2-3,6-7,15-16,23H,4-5,8-14H2,1H3,(H,22,25). The summed E-state index contributed by atoms with van der Waals surface area (Å²) in [6.45, 7) is 1.78.